The number of hydrogen-bond donors (Lipinski definition) is 3. The number of hydrogen-bond acceptors (Lipinski definition) is 4. The molecule has 1 fully saturated rings. The molecule has 0 spiro atoms. The first-order valence-electron chi connectivity index (χ1n) is 10.3. The van der Waals surface area contributed by atoms with Crippen molar-refractivity contribution in [1.82, 2.24) is 15.2 Å². The van der Waals surface area contributed by atoms with Gasteiger partial charge in [-0.05, 0) is 23.8 Å². The van der Waals surface area contributed by atoms with Gasteiger partial charge in [-0.1, -0.05) is 41.9 Å². The van der Waals surface area contributed by atoms with Crippen LogP contribution < -0.4 is 10.6 Å². The van der Waals surface area contributed by atoms with Crippen LogP contribution in [-0.4, -0.2) is 54.5 Å². The van der Waals surface area contributed by atoms with E-state index in [1.807, 2.05) is 48.5 Å². The molecule has 8 heteroatoms. The van der Waals surface area contributed by atoms with E-state index < -0.39 is 0 Å². The SMILES string of the molecule is O=C(CCN1CCOCC1)Nc1cccc(CNC(=O)c2[nH]c3ccccc3c2Cl)c1. The summed E-state index contributed by atoms with van der Waals surface area (Å²) in [6.45, 7) is 4.21. The van der Waals surface area contributed by atoms with Gasteiger partial charge in [0.15, 0.2) is 0 Å². The minimum Gasteiger partial charge on any atom is -0.379 e. The molecule has 162 valence electrons. The number of aromatic nitrogens is 1. The Hall–Kier alpha value is -2.87. The zero-order valence-electron chi connectivity index (χ0n) is 17.1. The second-order valence-corrected chi connectivity index (χ2v) is 7.87. The molecule has 4 rings (SSSR count). The van der Waals surface area contributed by atoms with Crippen molar-refractivity contribution in [3.8, 4) is 0 Å². The standard InChI is InChI=1S/C23H25ClN4O3/c24-21-18-6-1-2-7-19(18)27-22(21)23(30)25-15-16-4-3-5-17(14-16)26-20(29)8-9-28-10-12-31-13-11-28/h1-7,14,27H,8-13,15H2,(H,25,30)(H,26,29). The second-order valence-electron chi connectivity index (χ2n) is 7.49. The number of aromatic amines is 1. The van der Waals surface area contributed by atoms with Gasteiger partial charge >= 0.3 is 0 Å². The highest BCUT2D eigenvalue weighted by molar-refractivity contribution is 6.38. The molecule has 31 heavy (non-hydrogen) atoms. The third-order valence-corrected chi connectivity index (χ3v) is 5.68. The number of fused-ring (bicyclic) bond motifs is 1. The number of ether oxygens (including phenoxy) is 1. The lowest BCUT2D eigenvalue weighted by Gasteiger charge is -2.26. The van der Waals surface area contributed by atoms with Gasteiger partial charge in [0, 0.05) is 49.2 Å². The number of carbonyl (C=O) groups excluding carboxylic acids is 2. The van der Waals surface area contributed by atoms with E-state index in [0.717, 1.165) is 49.3 Å². The average Bonchev–Trinajstić information content (AvgIpc) is 3.14. The van der Waals surface area contributed by atoms with Crippen LogP contribution in [0.1, 0.15) is 22.5 Å². The Kier molecular flexibility index (Phi) is 6.86. The van der Waals surface area contributed by atoms with Crippen LogP contribution >= 0.6 is 11.6 Å². The molecule has 1 aliphatic heterocycles. The molecule has 2 heterocycles. The highest BCUT2D eigenvalue weighted by Crippen LogP contribution is 2.27. The van der Waals surface area contributed by atoms with Gasteiger partial charge in [-0.25, -0.2) is 0 Å². The summed E-state index contributed by atoms with van der Waals surface area (Å²) in [7, 11) is 0. The van der Waals surface area contributed by atoms with E-state index in [4.69, 9.17) is 16.3 Å². The van der Waals surface area contributed by atoms with Crippen LogP contribution in [0.25, 0.3) is 10.9 Å². The van der Waals surface area contributed by atoms with Gasteiger partial charge in [-0.15, -0.1) is 0 Å². The molecule has 0 unspecified atom stereocenters. The van der Waals surface area contributed by atoms with Crippen LogP contribution in [0, 0.1) is 0 Å². The lowest BCUT2D eigenvalue weighted by Crippen LogP contribution is -2.38. The van der Waals surface area contributed by atoms with Crippen molar-refractivity contribution in [2.75, 3.05) is 38.2 Å². The number of anilines is 1. The summed E-state index contributed by atoms with van der Waals surface area (Å²) in [5.74, 6) is -0.307. The normalized spacial score (nSPS) is 14.5. The number of morpholine rings is 1. The van der Waals surface area contributed by atoms with Crippen LogP contribution in [0.2, 0.25) is 5.02 Å². The molecular formula is C23H25ClN4O3. The maximum atomic E-state index is 12.6. The van der Waals surface area contributed by atoms with Crippen molar-refractivity contribution in [1.29, 1.82) is 0 Å². The van der Waals surface area contributed by atoms with E-state index in [1.54, 1.807) is 0 Å². The molecule has 0 saturated carbocycles. The lowest BCUT2D eigenvalue weighted by molar-refractivity contribution is -0.116. The lowest BCUT2D eigenvalue weighted by atomic mass is 10.2. The van der Waals surface area contributed by atoms with Crippen molar-refractivity contribution in [2.24, 2.45) is 0 Å². The van der Waals surface area contributed by atoms with Crippen LogP contribution in [0.4, 0.5) is 5.69 Å². The molecule has 0 atom stereocenters. The Balaban J connectivity index is 1.31. The number of rotatable bonds is 7. The number of para-hydroxylation sites is 1. The molecule has 0 aliphatic carbocycles. The van der Waals surface area contributed by atoms with E-state index >= 15 is 0 Å². The fourth-order valence-corrected chi connectivity index (χ4v) is 3.90. The maximum Gasteiger partial charge on any atom is 0.269 e. The van der Waals surface area contributed by atoms with E-state index in [2.05, 4.69) is 20.5 Å². The first-order valence-corrected chi connectivity index (χ1v) is 10.7. The maximum absolute atomic E-state index is 12.6. The quantitative estimate of drug-likeness (QED) is 0.525. The topological polar surface area (TPSA) is 86.5 Å². The number of carbonyl (C=O) groups is 2. The third kappa shape index (κ3) is 5.44. The molecule has 2 aromatic carbocycles. The monoisotopic (exact) mass is 440 g/mol. The van der Waals surface area contributed by atoms with Gasteiger partial charge < -0.3 is 20.4 Å². The minimum absolute atomic E-state index is 0.0301. The highest BCUT2D eigenvalue weighted by atomic mass is 35.5. The highest BCUT2D eigenvalue weighted by Gasteiger charge is 2.16. The summed E-state index contributed by atoms with van der Waals surface area (Å²) in [6, 6.07) is 15.0. The van der Waals surface area contributed by atoms with Crippen LogP contribution in [-0.2, 0) is 16.1 Å². The smallest absolute Gasteiger partial charge is 0.269 e. The molecule has 3 N–H and O–H groups in total. The zero-order chi connectivity index (χ0) is 21.6. The van der Waals surface area contributed by atoms with E-state index in [1.165, 1.54) is 0 Å². The predicted molar refractivity (Wildman–Crippen MR) is 121 cm³/mol. The van der Waals surface area contributed by atoms with Gasteiger partial charge in [-0.3, -0.25) is 14.5 Å². The Morgan fingerprint density at radius 2 is 1.90 bits per heavy atom. The van der Waals surface area contributed by atoms with Gasteiger partial charge in [0.2, 0.25) is 5.91 Å². The summed E-state index contributed by atoms with van der Waals surface area (Å²) in [5, 5.41) is 7.04. The molecule has 2 amide bonds. The van der Waals surface area contributed by atoms with Crippen molar-refractivity contribution < 1.29 is 14.3 Å². The molecular weight excluding hydrogens is 416 g/mol. The van der Waals surface area contributed by atoms with E-state index in [-0.39, 0.29) is 11.8 Å². The van der Waals surface area contributed by atoms with Crippen LogP contribution in [0.15, 0.2) is 48.5 Å². The van der Waals surface area contributed by atoms with Crippen molar-refractivity contribution >= 4 is 40.0 Å². The summed E-state index contributed by atoms with van der Waals surface area (Å²) >= 11 is 6.35. The molecule has 3 aromatic rings. The van der Waals surface area contributed by atoms with Crippen molar-refractivity contribution in [2.45, 2.75) is 13.0 Å². The third-order valence-electron chi connectivity index (χ3n) is 5.29. The van der Waals surface area contributed by atoms with E-state index in [0.29, 0.717) is 29.4 Å². The summed E-state index contributed by atoms with van der Waals surface area (Å²) < 4.78 is 5.32. The van der Waals surface area contributed by atoms with Gasteiger partial charge in [-0.2, -0.15) is 0 Å². The largest absolute Gasteiger partial charge is 0.379 e. The first kappa shape index (κ1) is 21.4. The second kappa shape index (κ2) is 9.96. The predicted octanol–water partition coefficient (Wildman–Crippen LogP) is 3.41. The molecule has 1 saturated heterocycles. The number of H-pyrrole nitrogens is 1. The van der Waals surface area contributed by atoms with E-state index in [9.17, 15) is 9.59 Å². The number of nitrogens with one attached hydrogen (secondary N) is 3. The summed E-state index contributed by atoms with van der Waals surface area (Å²) in [6.07, 6.45) is 0.430. The van der Waals surface area contributed by atoms with Crippen LogP contribution in [0.3, 0.4) is 0 Å². The van der Waals surface area contributed by atoms with Gasteiger partial charge in [0.25, 0.3) is 5.91 Å². The summed E-state index contributed by atoms with van der Waals surface area (Å²) in [5.41, 5.74) is 2.75. The molecule has 1 aromatic heterocycles. The average molecular weight is 441 g/mol. The molecule has 7 nitrogen and oxygen atoms in total. The number of nitrogens with zero attached hydrogens (tertiary/aromatic N) is 1. The molecule has 0 bridgehead atoms. The zero-order valence-corrected chi connectivity index (χ0v) is 17.9. The number of halogens is 1. The Morgan fingerprint density at radius 1 is 1.10 bits per heavy atom. The van der Waals surface area contributed by atoms with Crippen molar-refractivity contribution in [3.63, 3.8) is 0 Å². The fraction of sp³-hybridized carbons (Fsp3) is 0.304. The number of benzene rings is 2. The number of amides is 2. The minimum atomic E-state index is -0.277. The fourth-order valence-electron chi connectivity index (χ4n) is 3.60. The Labute approximate surface area is 185 Å². The Bertz CT molecular complexity index is 1080. The molecule has 0 radical (unpaired) electrons. The van der Waals surface area contributed by atoms with Gasteiger partial charge in [0.1, 0.15) is 5.69 Å². The van der Waals surface area contributed by atoms with Crippen molar-refractivity contribution in [3.05, 3.63) is 64.8 Å². The Morgan fingerprint density at radius 3 is 2.71 bits per heavy atom. The molecule has 1 aliphatic rings. The summed E-state index contributed by atoms with van der Waals surface area (Å²) in [4.78, 5) is 30.2. The first-order chi connectivity index (χ1) is 15.1. The van der Waals surface area contributed by atoms with Gasteiger partial charge in [0.05, 0.1) is 18.2 Å². The van der Waals surface area contributed by atoms with Crippen LogP contribution in [0.5, 0.6) is 0 Å².